The van der Waals surface area contributed by atoms with Gasteiger partial charge in [-0.25, -0.2) is 4.98 Å². The third-order valence-corrected chi connectivity index (χ3v) is 4.25. The summed E-state index contributed by atoms with van der Waals surface area (Å²) in [5, 5.41) is 10.7. The molecule has 0 amide bonds. The minimum absolute atomic E-state index is 0.378. The molecular formula is C21H18F3NO2. The van der Waals surface area contributed by atoms with Crippen LogP contribution < -0.4 is 0 Å². The van der Waals surface area contributed by atoms with Crippen molar-refractivity contribution in [1.29, 1.82) is 0 Å². The molecule has 140 valence electrons. The van der Waals surface area contributed by atoms with Gasteiger partial charge in [0, 0.05) is 12.7 Å². The van der Waals surface area contributed by atoms with Gasteiger partial charge in [-0.1, -0.05) is 48.5 Å². The maximum atomic E-state index is 12.7. The number of hydrogen-bond donors (Lipinski definition) is 1. The summed E-state index contributed by atoms with van der Waals surface area (Å²) in [6.45, 7) is 0. The Hall–Kier alpha value is -2.70. The van der Waals surface area contributed by atoms with Crippen molar-refractivity contribution in [3.63, 3.8) is 0 Å². The normalized spacial score (nSPS) is 14.0. The summed E-state index contributed by atoms with van der Waals surface area (Å²) < 4.78 is 43.6. The van der Waals surface area contributed by atoms with Crippen LogP contribution in [0.2, 0.25) is 0 Å². The number of hydrogen-bond acceptors (Lipinski definition) is 3. The van der Waals surface area contributed by atoms with Crippen molar-refractivity contribution in [1.82, 2.24) is 4.98 Å². The van der Waals surface area contributed by atoms with Crippen LogP contribution in [0.4, 0.5) is 13.2 Å². The molecule has 0 aliphatic heterocycles. The maximum absolute atomic E-state index is 12.7. The van der Waals surface area contributed by atoms with Crippen LogP contribution >= 0.6 is 0 Å². The van der Waals surface area contributed by atoms with Gasteiger partial charge >= 0.3 is 6.18 Å². The van der Waals surface area contributed by atoms with Crippen LogP contribution in [0.25, 0.3) is 11.3 Å². The van der Waals surface area contributed by atoms with Gasteiger partial charge in [0.15, 0.2) is 0 Å². The Kier molecular flexibility index (Phi) is 5.58. The van der Waals surface area contributed by atoms with Crippen molar-refractivity contribution >= 4 is 0 Å². The highest BCUT2D eigenvalue weighted by molar-refractivity contribution is 5.59. The van der Waals surface area contributed by atoms with E-state index in [4.69, 9.17) is 4.74 Å². The van der Waals surface area contributed by atoms with E-state index < -0.39 is 23.9 Å². The fraction of sp³-hybridized carbons (Fsp3) is 0.190. The van der Waals surface area contributed by atoms with Gasteiger partial charge in [-0.05, 0) is 29.8 Å². The number of aliphatic hydroxyl groups excluding tert-OH is 1. The minimum Gasteiger partial charge on any atom is -0.384 e. The molecule has 0 fully saturated rings. The van der Waals surface area contributed by atoms with E-state index in [1.807, 2.05) is 30.3 Å². The van der Waals surface area contributed by atoms with Crippen LogP contribution in [0.1, 0.15) is 29.0 Å². The van der Waals surface area contributed by atoms with Crippen LogP contribution in [0.3, 0.4) is 0 Å². The number of benzene rings is 2. The minimum atomic E-state index is -4.38. The van der Waals surface area contributed by atoms with Gasteiger partial charge in [0.1, 0.15) is 12.2 Å². The molecule has 0 unspecified atom stereocenters. The molecule has 1 heterocycles. The summed E-state index contributed by atoms with van der Waals surface area (Å²) in [4.78, 5) is 4.42. The lowest BCUT2D eigenvalue weighted by Gasteiger charge is -2.22. The molecule has 6 heteroatoms. The molecule has 1 N–H and O–H groups in total. The fourth-order valence-electron chi connectivity index (χ4n) is 2.85. The number of nitrogens with zero attached hydrogens (tertiary/aromatic N) is 1. The average molecular weight is 373 g/mol. The van der Waals surface area contributed by atoms with Crippen molar-refractivity contribution in [2.75, 3.05) is 7.11 Å². The lowest BCUT2D eigenvalue weighted by atomic mass is 10.0. The molecule has 0 radical (unpaired) electrons. The van der Waals surface area contributed by atoms with E-state index in [1.54, 1.807) is 18.2 Å². The standard InChI is InChI=1S/C21H18F3NO2/c1-27-20(15-6-3-2-4-7-15)19(26)18-9-5-8-17(25-18)14-10-12-16(13-11-14)21(22,23)24/h2-13,19-20,26H,1H3/t19-,20+/m1/s1. The Balaban J connectivity index is 1.89. The number of aliphatic hydroxyl groups is 1. The summed E-state index contributed by atoms with van der Waals surface area (Å²) in [5.41, 5.74) is 1.47. The van der Waals surface area contributed by atoms with Crippen LogP contribution in [-0.2, 0) is 10.9 Å². The van der Waals surface area contributed by atoms with Crippen molar-refractivity contribution in [3.05, 3.63) is 89.6 Å². The highest BCUT2D eigenvalue weighted by atomic mass is 19.4. The molecule has 0 saturated heterocycles. The zero-order chi connectivity index (χ0) is 19.4. The van der Waals surface area contributed by atoms with Crippen molar-refractivity contribution < 1.29 is 23.0 Å². The Morgan fingerprint density at radius 1 is 0.889 bits per heavy atom. The van der Waals surface area contributed by atoms with E-state index in [0.29, 0.717) is 17.0 Å². The van der Waals surface area contributed by atoms with Gasteiger partial charge in [-0.3, -0.25) is 0 Å². The van der Waals surface area contributed by atoms with Crippen LogP contribution in [-0.4, -0.2) is 17.2 Å². The molecule has 3 rings (SSSR count). The van der Waals surface area contributed by atoms with E-state index in [1.165, 1.54) is 19.2 Å². The second kappa shape index (κ2) is 7.90. The van der Waals surface area contributed by atoms with Gasteiger partial charge in [0.05, 0.1) is 17.0 Å². The Labute approximate surface area is 155 Å². The van der Waals surface area contributed by atoms with Crippen molar-refractivity contribution in [2.24, 2.45) is 0 Å². The molecule has 3 nitrogen and oxygen atoms in total. The Morgan fingerprint density at radius 2 is 1.56 bits per heavy atom. The summed E-state index contributed by atoms with van der Waals surface area (Å²) in [5.74, 6) is 0. The predicted octanol–water partition coefficient (Wildman–Crippen LogP) is 5.19. The molecule has 2 aromatic carbocycles. The predicted molar refractivity (Wildman–Crippen MR) is 95.8 cm³/mol. The Bertz CT molecular complexity index is 880. The molecule has 0 aliphatic carbocycles. The zero-order valence-electron chi connectivity index (χ0n) is 14.5. The molecular weight excluding hydrogens is 355 g/mol. The van der Waals surface area contributed by atoms with Gasteiger partial charge < -0.3 is 9.84 Å². The molecule has 27 heavy (non-hydrogen) atoms. The van der Waals surface area contributed by atoms with E-state index >= 15 is 0 Å². The number of halogens is 3. The van der Waals surface area contributed by atoms with Crippen LogP contribution in [0.5, 0.6) is 0 Å². The summed E-state index contributed by atoms with van der Waals surface area (Å²) in [7, 11) is 1.50. The smallest absolute Gasteiger partial charge is 0.384 e. The average Bonchev–Trinajstić information content (AvgIpc) is 2.69. The van der Waals surface area contributed by atoms with Crippen LogP contribution in [0.15, 0.2) is 72.8 Å². The molecule has 3 aromatic rings. The fourth-order valence-corrected chi connectivity index (χ4v) is 2.85. The first-order chi connectivity index (χ1) is 12.9. The number of aromatic nitrogens is 1. The highest BCUT2D eigenvalue weighted by Gasteiger charge is 2.30. The zero-order valence-corrected chi connectivity index (χ0v) is 14.5. The van der Waals surface area contributed by atoms with Gasteiger partial charge in [-0.2, -0.15) is 13.2 Å². The lowest BCUT2D eigenvalue weighted by Crippen LogP contribution is -2.14. The summed E-state index contributed by atoms with van der Waals surface area (Å²) >= 11 is 0. The van der Waals surface area contributed by atoms with Gasteiger partial charge in [-0.15, -0.1) is 0 Å². The topological polar surface area (TPSA) is 42.4 Å². The summed E-state index contributed by atoms with van der Waals surface area (Å²) in [6, 6.07) is 19.1. The third-order valence-electron chi connectivity index (χ3n) is 4.25. The quantitative estimate of drug-likeness (QED) is 0.669. The number of ether oxygens (including phenoxy) is 1. The molecule has 0 saturated carbocycles. The largest absolute Gasteiger partial charge is 0.416 e. The maximum Gasteiger partial charge on any atom is 0.416 e. The second-order valence-corrected chi connectivity index (χ2v) is 6.03. The Morgan fingerprint density at radius 3 is 2.15 bits per heavy atom. The van der Waals surface area contributed by atoms with E-state index in [9.17, 15) is 18.3 Å². The van der Waals surface area contributed by atoms with E-state index in [0.717, 1.165) is 17.7 Å². The number of pyridine rings is 1. The molecule has 0 bridgehead atoms. The van der Waals surface area contributed by atoms with Gasteiger partial charge in [0.25, 0.3) is 0 Å². The third kappa shape index (κ3) is 4.35. The van der Waals surface area contributed by atoms with Gasteiger partial charge in [0.2, 0.25) is 0 Å². The van der Waals surface area contributed by atoms with E-state index in [-0.39, 0.29) is 0 Å². The van der Waals surface area contributed by atoms with Crippen LogP contribution in [0, 0.1) is 0 Å². The monoisotopic (exact) mass is 373 g/mol. The van der Waals surface area contributed by atoms with Crippen molar-refractivity contribution in [3.8, 4) is 11.3 Å². The first-order valence-electron chi connectivity index (χ1n) is 8.30. The lowest BCUT2D eigenvalue weighted by molar-refractivity contribution is -0.137. The first kappa shape index (κ1) is 19.1. The first-order valence-corrected chi connectivity index (χ1v) is 8.30. The molecule has 0 aliphatic rings. The number of rotatable bonds is 5. The molecule has 0 spiro atoms. The SMILES string of the molecule is CO[C@@H](c1ccccc1)[C@H](O)c1cccc(-c2ccc(C(F)(F)F)cc2)n1. The second-order valence-electron chi connectivity index (χ2n) is 6.03. The summed E-state index contributed by atoms with van der Waals surface area (Å²) in [6.07, 6.45) is -6.01. The highest BCUT2D eigenvalue weighted by Crippen LogP contribution is 2.33. The van der Waals surface area contributed by atoms with E-state index in [2.05, 4.69) is 4.98 Å². The molecule has 2 atom stereocenters. The van der Waals surface area contributed by atoms with Crippen molar-refractivity contribution in [2.45, 2.75) is 18.4 Å². The molecule has 1 aromatic heterocycles. The number of alkyl halides is 3. The number of methoxy groups -OCH3 is 1.